The van der Waals surface area contributed by atoms with Crippen LogP contribution >= 0.6 is 0 Å². The van der Waals surface area contributed by atoms with Crippen molar-refractivity contribution in [3.05, 3.63) is 53.6 Å². The second-order valence-electron chi connectivity index (χ2n) is 4.38. The Bertz CT molecular complexity index is 681. The van der Waals surface area contributed by atoms with Crippen LogP contribution in [0.15, 0.2) is 47.6 Å². The number of hydrogen-bond donors (Lipinski definition) is 3. The summed E-state index contributed by atoms with van der Waals surface area (Å²) in [6.07, 6.45) is 1.46. The molecule has 0 heterocycles. The molecule has 0 aliphatic rings. The molecule has 2 aromatic carbocycles. The number of rotatable bonds is 6. The quantitative estimate of drug-likeness (QED) is 0.563. The normalized spacial score (nSPS) is 10.6. The number of phenolic OH excluding ortho intramolecular Hbond substituents is 1. The lowest BCUT2D eigenvalue weighted by Crippen LogP contribution is -1.97. The maximum Gasteiger partial charge on any atom is 0.335 e. The van der Waals surface area contributed by atoms with E-state index in [1.807, 2.05) is 6.92 Å². The number of carboxylic acids is 1. The van der Waals surface area contributed by atoms with Crippen molar-refractivity contribution >= 4 is 17.9 Å². The molecule has 0 aliphatic carbocycles. The number of nitrogens with zero attached hydrogens (tertiary/aromatic N) is 1. The molecule has 22 heavy (non-hydrogen) atoms. The number of aromatic hydroxyl groups is 1. The average molecular weight is 300 g/mol. The van der Waals surface area contributed by atoms with E-state index in [1.165, 1.54) is 18.3 Å². The van der Waals surface area contributed by atoms with Gasteiger partial charge in [-0.3, -0.25) is 5.43 Å². The molecular weight excluding hydrogens is 284 g/mol. The van der Waals surface area contributed by atoms with E-state index >= 15 is 0 Å². The van der Waals surface area contributed by atoms with Crippen LogP contribution in [0.3, 0.4) is 0 Å². The van der Waals surface area contributed by atoms with E-state index < -0.39 is 5.97 Å². The number of nitrogens with one attached hydrogen (secondary N) is 1. The van der Waals surface area contributed by atoms with Gasteiger partial charge in [-0.2, -0.15) is 5.10 Å². The van der Waals surface area contributed by atoms with Gasteiger partial charge in [-0.1, -0.05) is 6.07 Å². The standard InChI is InChI=1S/C16H16N2O4/c1-2-22-14-5-3-4-12(15(14)19)10-17-18-13-8-6-11(7-9-13)16(20)21/h3-10,18-19H,2H2,1H3,(H,20,21)/b17-10+. The summed E-state index contributed by atoms with van der Waals surface area (Å²) in [6.45, 7) is 2.30. The van der Waals surface area contributed by atoms with Crippen molar-refractivity contribution in [2.75, 3.05) is 12.0 Å². The highest BCUT2D eigenvalue weighted by Crippen LogP contribution is 2.28. The van der Waals surface area contributed by atoms with Crippen LogP contribution in [-0.2, 0) is 0 Å². The molecule has 114 valence electrons. The highest BCUT2D eigenvalue weighted by Gasteiger charge is 2.05. The highest BCUT2D eigenvalue weighted by atomic mass is 16.5. The molecule has 0 fully saturated rings. The van der Waals surface area contributed by atoms with Crippen LogP contribution < -0.4 is 10.2 Å². The molecule has 0 saturated carbocycles. The molecular formula is C16H16N2O4. The number of phenols is 1. The van der Waals surface area contributed by atoms with Gasteiger partial charge in [0.05, 0.1) is 24.1 Å². The van der Waals surface area contributed by atoms with E-state index in [-0.39, 0.29) is 11.3 Å². The van der Waals surface area contributed by atoms with Crippen molar-refractivity contribution in [2.45, 2.75) is 6.92 Å². The van der Waals surface area contributed by atoms with Gasteiger partial charge >= 0.3 is 5.97 Å². The summed E-state index contributed by atoms with van der Waals surface area (Å²) in [5.74, 6) is -0.555. The van der Waals surface area contributed by atoms with Crippen molar-refractivity contribution in [3.8, 4) is 11.5 Å². The van der Waals surface area contributed by atoms with Gasteiger partial charge in [0.25, 0.3) is 0 Å². The number of benzene rings is 2. The number of ether oxygens (including phenoxy) is 1. The molecule has 6 nitrogen and oxygen atoms in total. The smallest absolute Gasteiger partial charge is 0.335 e. The van der Waals surface area contributed by atoms with E-state index in [2.05, 4.69) is 10.5 Å². The van der Waals surface area contributed by atoms with Gasteiger partial charge in [0.1, 0.15) is 0 Å². The summed E-state index contributed by atoms with van der Waals surface area (Å²) >= 11 is 0. The predicted octanol–water partition coefficient (Wildman–Crippen LogP) is 2.94. The maximum absolute atomic E-state index is 10.7. The third-order valence-electron chi connectivity index (χ3n) is 2.86. The molecule has 0 radical (unpaired) electrons. The number of carboxylic acid groups (broad SMARTS) is 1. The summed E-state index contributed by atoms with van der Waals surface area (Å²) in [5.41, 5.74) is 4.12. The van der Waals surface area contributed by atoms with Crippen LogP contribution in [-0.4, -0.2) is 29.0 Å². The Balaban J connectivity index is 2.06. The second-order valence-corrected chi connectivity index (χ2v) is 4.38. The van der Waals surface area contributed by atoms with Crippen molar-refractivity contribution in [3.63, 3.8) is 0 Å². The summed E-state index contributed by atoms with van der Waals surface area (Å²) in [6, 6.07) is 11.3. The molecule has 0 aliphatic heterocycles. The lowest BCUT2D eigenvalue weighted by molar-refractivity contribution is 0.0697. The number of para-hydroxylation sites is 1. The van der Waals surface area contributed by atoms with Crippen molar-refractivity contribution in [1.29, 1.82) is 0 Å². The first-order chi connectivity index (χ1) is 10.6. The molecule has 0 aromatic heterocycles. The van der Waals surface area contributed by atoms with Crippen LogP contribution in [0, 0.1) is 0 Å². The van der Waals surface area contributed by atoms with Gasteiger partial charge < -0.3 is 14.9 Å². The minimum atomic E-state index is -0.979. The fraction of sp³-hybridized carbons (Fsp3) is 0.125. The van der Waals surface area contributed by atoms with Crippen molar-refractivity contribution < 1.29 is 19.7 Å². The molecule has 3 N–H and O–H groups in total. The van der Waals surface area contributed by atoms with Crippen molar-refractivity contribution in [1.82, 2.24) is 0 Å². The number of carbonyl (C=O) groups is 1. The number of hydrogen-bond acceptors (Lipinski definition) is 5. The lowest BCUT2D eigenvalue weighted by Gasteiger charge is -2.07. The second kappa shape index (κ2) is 7.12. The Labute approximate surface area is 127 Å². The third-order valence-corrected chi connectivity index (χ3v) is 2.86. The van der Waals surface area contributed by atoms with Gasteiger partial charge in [-0.05, 0) is 43.3 Å². The zero-order valence-electron chi connectivity index (χ0n) is 12.0. The molecule has 0 atom stereocenters. The third kappa shape index (κ3) is 3.76. The van der Waals surface area contributed by atoms with E-state index in [9.17, 15) is 9.90 Å². The predicted molar refractivity (Wildman–Crippen MR) is 83.9 cm³/mol. The van der Waals surface area contributed by atoms with E-state index in [4.69, 9.17) is 9.84 Å². The first-order valence-corrected chi connectivity index (χ1v) is 6.69. The molecule has 0 amide bonds. The van der Waals surface area contributed by atoms with Gasteiger partial charge in [-0.25, -0.2) is 4.79 Å². The number of aromatic carboxylic acids is 1. The topological polar surface area (TPSA) is 91.2 Å². The van der Waals surface area contributed by atoms with Crippen LogP contribution in [0.4, 0.5) is 5.69 Å². The van der Waals surface area contributed by atoms with E-state index in [0.29, 0.717) is 23.6 Å². The monoisotopic (exact) mass is 300 g/mol. The molecule has 0 saturated heterocycles. The molecule has 0 unspecified atom stereocenters. The Kier molecular flexibility index (Phi) is 4.98. The van der Waals surface area contributed by atoms with Gasteiger partial charge in [0.15, 0.2) is 11.5 Å². The fourth-order valence-corrected chi connectivity index (χ4v) is 1.78. The Morgan fingerprint density at radius 2 is 2.00 bits per heavy atom. The van der Waals surface area contributed by atoms with Gasteiger partial charge in [0, 0.05) is 5.56 Å². The van der Waals surface area contributed by atoms with Crippen molar-refractivity contribution in [2.24, 2.45) is 5.10 Å². The first-order valence-electron chi connectivity index (χ1n) is 6.69. The zero-order chi connectivity index (χ0) is 15.9. The maximum atomic E-state index is 10.7. The van der Waals surface area contributed by atoms with Crippen LogP contribution in [0.5, 0.6) is 11.5 Å². The van der Waals surface area contributed by atoms with Crippen LogP contribution in [0.25, 0.3) is 0 Å². The summed E-state index contributed by atoms with van der Waals surface area (Å²) < 4.78 is 5.29. The summed E-state index contributed by atoms with van der Waals surface area (Å²) in [4.78, 5) is 10.7. The average Bonchev–Trinajstić information content (AvgIpc) is 2.51. The molecule has 2 aromatic rings. The SMILES string of the molecule is CCOc1cccc(/C=N/Nc2ccc(C(=O)O)cc2)c1O. The number of anilines is 1. The lowest BCUT2D eigenvalue weighted by atomic mass is 10.2. The molecule has 2 rings (SSSR count). The Morgan fingerprint density at radius 3 is 2.64 bits per heavy atom. The molecule has 0 bridgehead atoms. The Hall–Kier alpha value is -3.02. The fourth-order valence-electron chi connectivity index (χ4n) is 1.78. The molecule has 0 spiro atoms. The van der Waals surface area contributed by atoms with Gasteiger partial charge in [-0.15, -0.1) is 0 Å². The van der Waals surface area contributed by atoms with Gasteiger partial charge in [0.2, 0.25) is 0 Å². The zero-order valence-corrected chi connectivity index (χ0v) is 12.0. The molecule has 6 heteroatoms. The minimum Gasteiger partial charge on any atom is -0.504 e. The van der Waals surface area contributed by atoms with E-state index in [0.717, 1.165) is 0 Å². The summed E-state index contributed by atoms with van der Waals surface area (Å²) in [5, 5.41) is 22.8. The first kappa shape index (κ1) is 15.4. The Morgan fingerprint density at radius 1 is 1.27 bits per heavy atom. The van der Waals surface area contributed by atoms with Crippen LogP contribution in [0.1, 0.15) is 22.8 Å². The number of hydrazone groups is 1. The minimum absolute atomic E-state index is 0.0242. The summed E-state index contributed by atoms with van der Waals surface area (Å²) in [7, 11) is 0. The highest BCUT2D eigenvalue weighted by molar-refractivity contribution is 5.88. The largest absolute Gasteiger partial charge is 0.504 e. The van der Waals surface area contributed by atoms with E-state index in [1.54, 1.807) is 30.3 Å². The van der Waals surface area contributed by atoms with Crippen LogP contribution in [0.2, 0.25) is 0 Å².